The van der Waals surface area contributed by atoms with Crippen molar-refractivity contribution in [2.24, 2.45) is 0 Å². The topological polar surface area (TPSA) is 67.3 Å². The quantitative estimate of drug-likeness (QED) is 0.702. The Kier molecular flexibility index (Phi) is 5.81. The molecular formula is C17H20N2O3S3. The van der Waals surface area contributed by atoms with Gasteiger partial charge in [-0.15, -0.1) is 11.3 Å². The first-order valence-electron chi connectivity index (χ1n) is 8.12. The third kappa shape index (κ3) is 4.62. The Morgan fingerprint density at radius 2 is 2.12 bits per heavy atom. The fourth-order valence-electron chi connectivity index (χ4n) is 2.93. The second-order valence-corrected chi connectivity index (χ2v) is 10.2. The van der Waals surface area contributed by atoms with Crippen molar-refractivity contribution in [1.82, 2.24) is 9.88 Å². The summed E-state index contributed by atoms with van der Waals surface area (Å²) in [5.74, 6) is 0.534. The maximum absolute atomic E-state index is 12.5. The van der Waals surface area contributed by atoms with Crippen LogP contribution in [-0.2, 0) is 14.6 Å². The molecular weight excluding hydrogens is 376 g/mol. The number of rotatable bonds is 6. The summed E-state index contributed by atoms with van der Waals surface area (Å²) in [5.41, 5.74) is 1.97. The van der Waals surface area contributed by atoms with E-state index in [2.05, 4.69) is 4.98 Å². The van der Waals surface area contributed by atoms with E-state index in [1.54, 1.807) is 4.90 Å². The van der Waals surface area contributed by atoms with Crippen molar-refractivity contribution in [3.8, 4) is 11.3 Å². The normalized spacial score (nSPS) is 19.0. The number of carbonyl (C=O) groups excluding carboxylic acids is 1. The van der Waals surface area contributed by atoms with E-state index < -0.39 is 9.84 Å². The number of benzene rings is 1. The Morgan fingerprint density at radius 3 is 2.76 bits per heavy atom. The third-order valence-electron chi connectivity index (χ3n) is 4.18. The van der Waals surface area contributed by atoms with Crippen molar-refractivity contribution in [1.29, 1.82) is 0 Å². The van der Waals surface area contributed by atoms with Crippen molar-refractivity contribution in [2.75, 3.05) is 23.8 Å². The molecule has 1 fully saturated rings. The standard InChI is InChI=1S/C17H20N2O3S3/c1-2-19(14-8-9-25(21,22)12-14)16(20)11-24-17-18-15(10-23-17)13-6-4-3-5-7-13/h3-7,10,14H,2,8-9,11-12H2,1H3. The van der Waals surface area contributed by atoms with Crippen molar-refractivity contribution in [3.63, 3.8) is 0 Å². The molecule has 1 aliphatic rings. The largest absolute Gasteiger partial charge is 0.338 e. The zero-order chi connectivity index (χ0) is 17.9. The van der Waals surface area contributed by atoms with Crippen molar-refractivity contribution < 1.29 is 13.2 Å². The van der Waals surface area contributed by atoms with E-state index in [0.717, 1.165) is 15.6 Å². The third-order valence-corrected chi connectivity index (χ3v) is 7.94. The van der Waals surface area contributed by atoms with Gasteiger partial charge in [-0.3, -0.25) is 4.79 Å². The molecule has 2 aromatic rings. The minimum atomic E-state index is -2.99. The lowest BCUT2D eigenvalue weighted by molar-refractivity contribution is -0.129. The first-order valence-corrected chi connectivity index (χ1v) is 11.8. The van der Waals surface area contributed by atoms with Gasteiger partial charge in [0.05, 0.1) is 23.0 Å². The first-order chi connectivity index (χ1) is 12.0. The number of hydrogen-bond donors (Lipinski definition) is 0. The zero-order valence-electron chi connectivity index (χ0n) is 13.9. The van der Waals surface area contributed by atoms with E-state index >= 15 is 0 Å². The minimum Gasteiger partial charge on any atom is -0.338 e. The van der Waals surface area contributed by atoms with Gasteiger partial charge in [0.1, 0.15) is 0 Å². The van der Waals surface area contributed by atoms with Crippen molar-refractivity contribution in [3.05, 3.63) is 35.7 Å². The SMILES string of the molecule is CCN(C(=O)CSc1nc(-c2ccccc2)cs1)C1CCS(=O)(=O)C1. The number of nitrogens with zero attached hydrogens (tertiary/aromatic N) is 2. The van der Waals surface area contributed by atoms with Crippen LogP contribution in [0.15, 0.2) is 40.1 Å². The predicted molar refractivity (Wildman–Crippen MR) is 103 cm³/mol. The summed E-state index contributed by atoms with van der Waals surface area (Å²) >= 11 is 2.94. The highest BCUT2D eigenvalue weighted by Crippen LogP contribution is 2.28. The second-order valence-electron chi connectivity index (χ2n) is 5.89. The van der Waals surface area contributed by atoms with Gasteiger partial charge in [0.25, 0.3) is 0 Å². The molecule has 1 atom stereocenters. The Balaban J connectivity index is 1.59. The smallest absolute Gasteiger partial charge is 0.233 e. The van der Waals surface area contributed by atoms with E-state index in [4.69, 9.17) is 0 Å². The molecule has 3 rings (SSSR count). The Labute approximate surface area is 156 Å². The van der Waals surface area contributed by atoms with Gasteiger partial charge in [-0.2, -0.15) is 0 Å². The Morgan fingerprint density at radius 1 is 1.36 bits per heavy atom. The summed E-state index contributed by atoms with van der Waals surface area (Å²) in [6.07, 6.45) is 0.544. The summed E-state index contributed by atoms with van der Waals surface area (Å²) in [6, 6.07) is 9.74. The molecule has 0 aliphatic carbocycles. The van der Waals surface area contributed by atoms with E-state index in [0.29, 0.717) is 13.0 Å². The Bertz CT molecular complexity index is 834. The average Bonchev–Trinajstić information content (AvgIpc) is 3.21. The van der Waals surface area contributed by atoms with E-state index in [1.165, 1.54) is 23.1 Å². The molecule has 1 saturated heterocycles. The van der Waals surface area contributed by atoms with E-state index in [1.807, 2.05) is 42.6 Å². The molecule has 1 aromatic heterocycles. The molecule has 1 aliphatic heterocycles. The fraction of sp³-hybridized carbons (Fsp3) is 0.412. The second kappa shape index (κ2) is 7.88. The van der Waals surface area contributed by atoms with Crippen LogP contribution in [0.5, 0.6) is 0 Å². The summed E-state index contributed by atoms with van der Waals surface area (Å²) in [6.45, 7) is 2.43. The van der Waals surface area contributed by atoms with Crippen LogP contribution < -0.4 is 0 Å². The molecule has 1 unspecified atom stereocenters. The van der Waals surface area contributed by atoms with Crippen LogP contribution in [0.4, 0.5) is 0 Å². The van der Waals surface area contributed by atoms with Gasteiger partial charge in [0.2, 0.25) is 5.91 Å². The van der Waals surface area contributed by atoms with Gasteiger partial charge in [-0.1, -0.05) is 42.1 Å². The maximum atomic E-state index is 12.5. The number of thioether (sulfide) groups is 1. The van der Waals surface area contributed by atoms with E-state index in [-0.39, 0.29) is 29.2 Å². The van der Waals surface area contributed by atoms with Crippen LogP contribution in [0.2, 0.25) is 0 Å². The lowest BCUT2D eigenvalue weighted by Crippen LogP contribution is -2.41. The van der Waals surface area contributed by atoms with Crippen molar-refractivity contribution >= 4 is 38.8 Å². The fourth-order valence-corrected chi connectivity index (χ4v) is 6.38. The molecule has 1 aromatic carbocycles. The number of aromatic nitrogens is 1. The monoisotopic (exact) mass is 396 g/mol. The van der Waals surface area contributed by atoms with Crippen LogP contribution >= 0.6 is 23.1 Å². The summed E-state index contributed by atoms with van der Waals surface area (Å²) < 4.78 is 24.1. The number of amides is 1. The molecule has 1 amide bonds. The number of hydrogen-bond acceptors (Lipinski definition) is 6. The molecule has 134 valence electrons. The summed E-state index contributed by atoms with van der Waals surface area (Å²) in [5, 5.41) is 1.99. The van der Waals surface area contributed by atoms with Crippen LogP contribution in [-0.4, -0.2) is 54.1 Å². The van der Waals surface area contributed by atoms with Crippen LogP contribution in [0.3, 0.4) is 0 Å². The summed E-state index contributed by atoms with van der Waals surface area (Å²) in [7, 11) is -2.99. The van der Waals surface area contributed by atoms with E-state index in [9.17, 15) is 13.2 Å². The number of carbonyl (C=O) groups is 1. The number of sulfone groups is 1. The summed E-state index contributed by atoms with van der Waals surface area (Å²) in [4.78, 5) is 18.8. The van der Waals surface area contributed by atoms with Gasteiger partial charge in [0, 0.05) is 23.5 Å². The van der Waals surface area contributed by atoms with Crippen molar-refractivity contribution in [2.45, 2.75) is 23.7 Å². The molecule has 0 saturated carbocycles. The van der Waals surface area contributed by atoms with Crippen LogP contribution in [0, 0.1) is 0 Å². The van der Waals surface area contributed by atoms with Gasteiger partial charge < -0.3 is 4.90 Å². The zero-order valence-corrected chi connectivity index (χ0v) is 16.4. The molecule has 0 spiro atoms. The average molecular weight is 397 g/mol. The highest BCUT2D eigenvalue weighted by atomic mass is 32.2. The number of thiazole rings is 1. The van der Waals surface area contributed by atoms with Crippen LogP contribution in [0.1, 0.15) is 13.3 Å². The molecule has 0 bridgehead atoms. The molecule has 0 radical (unpaired) electrons. The van der Waals surface area contributed by atoms with Gasteiger partial charge in [-0.25, -0.2) is 13.4 Å². The molecule has 0 N–H and O–H groups in total. The maximum Gasteiger partial charge on any atom is 0.233 e. The predicted octanol–water partition coefficient (Wildman–Crippen LogP) is 2.94. The molecule has 2 heterocycles. The lowest BCUT2D eigenvalue weighted by atomic mass is 10.2. The molecule has 8 heteroatoms. The minimum absolute atomic E-state index is 0.0222. The molecule has 25 heavy (non-hydrogen) atoms. The molecule has 5 nitrogen and oxygen atoms in total. The lowest BCUT2D eigenvalue weighted by Gasteiger charge is -2.26. The highest BCUT2D eigenvalue weighted by Gasteiger charge is 2.33. The van der Waals surface area contributed by atoms with Crippen LogP contribution in [0.25, 0.3) is 11.3 Å². The van der Waals surface area contributed by atoms with Gasteiger partial charge in [0.15, 0.2) is 14.2 Å². The first kappa shape index (κ1) is 18.4. The van der Waals surface area contributed by atoms with Gasteiger partial charge >= 0.3 is 0 Å². The van der Waals surface area contributed by atoms with Gasteiger partial charge in [-0.05, 0) is 13.3 Å². The Hall–Kier alpha value is -1.38. The highest BCUT2D eigenvalue weighted by molar-refractivity contribution is 8.01.